The van der Waals surface area contributed by atoms with E-state index in [-0.39, 0.29) is 5.91 Å². The molecule has 0 fully saturated rings. The molecule has 0 spiro atoms. The Balaban J connectivity index is 1.99. The molecule has 0 aromatic heterocycles. The molecule has 0 aliphatic heterocycles. The van der Waals surface area contributed by atoms with Crippen molar-refractivity contribution in [1.82, 2.24) is 10.6 Å². The molecular formula is C14H22N2O2. The lowest BCUT2D eigenvalue weighted by atomic mass is 10.1. The van der Waals surface area contributed by atoms with Gasteiger partial charge in [0.15, 0.2) is 0 Å². The minimum Gasteiger partial charge on any atom is -0.383 e. The number of methoxy groups -OCH3 is 1. The normalized spacial score (nSPS) is 10.3. The van der Waals surface area contributed by atoms with Crippen molar-refractivity contribution in [3.05, 3.63) is 35.9 Å². The molecule has 4 nitrogen and oxygen atoms in total. The van der Waals surface area contributed by atoms with Crippen LogP contribution in [-0.2, 0) is 16.0 Å². The second kappa shape index (κ2) is 9.62. The molecule has 2 N–H and O–H groups in total. The van der Waals surface area contributed by atoms with Crippen molar-refractivity contribution >= 4 is 5.91 Å². The highest BCUT2D eigenvalue weighted by atomic mass is 16.5. The number of carbonyl (C=O) groups is 1. The maximum Gasteiger partial charge on any atom is 0.233 e. The van der Waals surface area contributed by atoms with E-state index >= 15 is 0 Å². The SMILES string of the molecule is COCCNCC(=O)NCCCc1ccccc1. The summed E-state index contributed by atoms with van der Waals surface area (Å²) < 4.78 is 4.88. The number of aryl methyl sites for hydroxylation is 1. The largest absolute Gasteiger partial charge is 0.383 e. The van der Waals surface area contributed by atoms with Gasteiger partial charge in [-0.1, -0.05) is 30.3 Å². The van der Waals surface area contributed by atoms with E-state index in [0.717, 1.165) is 19.4 Å². The van der Waals surface area contributed by atoms with Crippen molar-refractivity contribution in [3.8, 4) is 0 Å². The molecule has 4 heteroatoms. The molecule has 0 saturated carbocycles. The lowest BCUT2D eigenvalue weighted by Crippen LogP contribution is -2.35. The van der Waals surface area contributed by atoms with Crippen molar-refractivity contribution in [3.63, 3.8) is 0 Å². The first-order valence-electron chi connectivity index (χ1n) is 6.33. The van der Waals surface area contributed by atoms with E-state index < -0.39 is 0 Å². The van der Waals surface area contributed by atoms with Crippen LogP contribution in [0.15, 0.2) is 30.3 Å². The van der Waals surface area contributed by atoms with Gasteiger partial charge >= 0.3 is 0 Å². The quantitative estimate of drug-likeness (QED) is 0.642. The average Bonchev–Trinajstić information content (AvgIpc) is 2.41. The van der Waals surface area contributed by atoms with Gasteiger partial charge in [0.1, 0.15) is 0 Å². The van der Waals surface area contributed by atoms with Gasteiger partial charge in [0, 0.05) is 20.2 Å². The summed E-state index contributed by atoms with van der Waals surface area (Å²) in [5, 5.41) is 5.90. The van der Waals surface area contributed by atoms with E-state index in [1.165, 1.54) is 5.56 Å². The highest BCUT2D eigenvalue weighted by molar-refractivity contribution is 5.77. The summed E-state index contributed by atoms with van der Waals surface area (Å²) in [5.41, 5.74) is 1.31. The number of rotatable bonds is 9. The Bertz CT molecular complexity index is 328. The molecule has 1 rings (SSSR count). The molecule has 0 heterocycles. The Kier molecular flexibility index (Phi) is 7.84. The van der Waals surface area contributed by atoms with Crippen molar-refractivity contribution in [2.45, 2.75) is 12.8 Å². The predicted octanol–water partition coefficient (Wildman–Crippen LogP) is 0.971. The summed E-state index contributed by atoms with van der Waals surface area (Å²) in [5.74, 6) is 0.0409. The van der Waals surface area contributed by atoms with Gasteiger partial charge in [-0.15, -0.1) is 0 Å². The molecule has 0 saturated heterocycles. The lowest BCUT2D eigenvalue weighted by molar-refractivity contribution is -0.120. The van der Waals surface area contributed by atoms with Gasteiger partial charge in [-0.05, 0) is 18.4 Å². The second-order valence-electron chi connectivity index (χ2n) is 4.11. The zero-order valence-corrected chi connectivity index (χ0v) is 10.9. The Morgan fingerprint density at radius 3 is 2.72 bits per heavy atom. The number of amides is 1. The van der Waals surface area contributed by atoms with Gasteiger partial charge in [-0.25, -0.2) is 0 Å². The first-order chi connectivity index (χ1) is 8.83. The van der Waals surface area contributed by atoms with Gasteiger partial charge in [-0.3, -0.25) is 4.79 Å². The Morgan fingerprint density at radius 2 is 2.00 bits per heavy atom. The predicted molar refractivity (Wildman–Crippen MR) is 72.5 cm³/mol. The number of hydrogen-bond donors (Lipinski definition) is 2. The third-order valence-electron chi connectivity index (χ3n) is 2.58. The van der Waals surface area contributed by atoms with Crippen molar-refractivity contribution in [1.29, 1.82) is 0 Å². The zero-order valence-electron chi connectivity index (χ0n) is 10.9. The van der Waals surface area contributed by atoms with Gasteiger partial charge in [-0.2, -0.15) is 0 Å². The number of ether oxygens (including phenoxy) is 1. The van der Waals surface area contributed by atoms with Crippen molar-refractivity contribution in [2.24, 2.45) is 0 Å². The first kappa shape index (κ1) is 14.7. The van der Waals surface area contributed by atoms with Crippen LogP contribution in [0, 0.1) is 0 Å². The summed E-state index contributed by atoms with van der Waals surface area (Å²) in [7, 11) is 1.64. The number of nitrogens with one attached hydrogen (secondary N) is 2. The van der Waals surface area contributed by atoms with E-state index in [1.54, 1.807) is 7.11 Å². The third-order valence-corrected chi connectivity index (χ3v) is 2.58. The van der Waals surface area contributed by atoms with Crippen LogP contribution < -0.4 is 10.6 Å². The van der Waals surface area contributed by atoms with E-state index in [0.29, 0.717) is 19.7 Å². The average molecular weight is 250 g/mol. The molecule has 0 aliphatic carbocycles. The topological polar surface area (TPSA) is 50.4 Å². The Labute approximate surface area is 109 Å². The van der Waals surface area contributed by atoms with Crippen LogP contribution >= 0.6 is 0 Å². The summed E-state index contributed by atoms with van der Waals surface area (Å²) >= 11 is 0. The van der Waals surface area contributed by atoms with Crippen LogP contribution in [-0.4, -0.2) is 39.3 Å². The maximum absolute atomic E-state index is 11.4. The van der Waals surface area contributed by atoms with Gasteiger partial charge in [0.25, 0.3) is 0 Å². The monoisotopic (exact) mass is 250 g/mol. The number of carbonyl (C=O) groups excluding carboxylic acids is 1. The van der Waals surface area contributed by atoms with E-state index in [9.17, 15) is 4.79 Å². The van der Waals surface area contributed by atoms with E-state index in [4.69, 9.17) is 4.74 Å². The summed E-state index contributed by atoms with van der Waals surface area (Å²) in [6.07, 6.45) is 1.96. The number of hydrogen-bond acceptors (Lipinski definition) is 3. The minimum atomic E-state index is 0.0409. The lowest BCUT2D eigenvalue weighted by Gasteiger charge is -2.06. The molecule has 0 atom stereocenters. The first-order valence-corrected chi connectivity index (χ1v) is 6.33. The molecule has 0 radical (unpaired) electrons. The highest BCUT2D eigenvalue weighted by Gasteiger charge is 1.99. The molecule has 0 unspecified atom stereocenters. The van der Waals surface area contributed by atoms with Crippen LogP contribution in [0.2, 0.25) is 0 Å². The van der Waals surface area contributed by atoms with Crippen molar-refractivity contribution in [2.75, 3.05) is 33.4 Å². The van der Waals surface area contributed by atoms with Crippen LogP contribution in [0.1, 0.15) is 12.0 Å². The van der Waals surface area contributed by atoms with Crippen LogP contribution in [0.4, 0.5) is 0 Å². The van der Waals surface area contributed by atoms with Gasteiger partial charge in [0.2, 0.25) is 5.91 Å². The van der Waals surface area contributed by atoms with Crippen LogP contribution in [0.25, 0.3) is 0 Å². The summed E-state index contributed by atoms with van der Waals surface area (Å²) in [6, 6.07) is 10.3. The molecule has 100 valence electrons. The fraction of sp³-hybridized carbons (Fsp3) is 0.500. The maximum atomic E-state index is 11.4. The van der Waals surface area contributed by atoms with Crippen molar-refractivity contribution < 1.29 is 9.53 Å². The van der Waals surface area contributed by atoms with Crippen LogP contribution in [0.3, 0.4) is 0 Å². The van der Waals surface area contributed by atoms with Gasteiger partial charge in [0.05, 0.1) is 13.2 Å². The molecule has 1 aromatic carbocycles. The smallest absolute Gasteiger partial charge is 0.233 e. The summed E-state index contributed by atoms with van der Waals surface area (Å²) in [4.78, 5) is 11.4. The fourth-order valence-corrected chi connectivity index (χ4v) is 1.60. The zero-order chi connectivity index (χ0) is 13.1. The fourth-order valence-electron chi connectivity index (χ4n) is 1.60. The molecule has 0 aliphatic rings. The molecule has 18 heavy (non-hydrogen) atoms. The van der Waals surface area contributed by atoms with Crippen LogP contribution in [0.5, 0.6) is 0 Å². The minimum absolute atomic E-state index is 0.0409. The van der Waals surface area contributed by atoms with E-state index in [2.05, 4.69) is 22.8 Å². The highest BCUT2D eigenvalue weighted by Crippen LogP contribution is 2.01. The number of benzene rings is 1. The Morgan fingerprint density at radius 1 is 1.22 bits per heavy atom. The molecule has 1 amide bonds. The molecule has 1 aromatic rings. The third kappa shape index (κ3) is 7.04. The van der Waals surface area contributed by atoms with E-state index in [1.807, 2.05) is 18.2 Å². The standard InChI is InChI=1S/C14H22N2O2/c1-18-11-10-15-12-14(17)16-9-5-8-13-6-3-2-4-7-13/h2-4,6-7,15H,5,8-12H2,1H3,(H,16,17). The summed E-state index contributed by atoms with van der Waals surface area (Å²) in [6.45, 7) is 2.41. The Hall–Kier alpha value is -1.39. The molecule has 0 bridgehead atoms. The molecular weight excluding hydrogens is 228 g/mol. The second-order valence-corrected chi connectivity index (χ2v) is 4.11. The van der Waals surface area contributed by atoms with Gasteiger partial charge < -0.3 is 15.4 Å².